The van der Waals surface area contributed by atoms with Crippen LogP contribution in [0.25, 0.3) is 0 Å². The average molecular weight is 459 g/mol. The van der Waals surface area contributed by atoms with Crippen molar-refractivity contribution >= 4 is 51.1 Å². The van der Waals surface area contributed by atoms with Crippen LogP contribution in [0.1, 0.15) is 48.0 Å². The Labute approximate surface area is 179 Å². The van der Waals surface area contributed by atoms with Crippen molar-refractivity contribution in [2.75, 3.05) is 5.32 Å². The van der Waals surface area contributed by atoms with Crippen molar-refractivity contribution in [1.82, 2.24) is 10.7 Å². The molecule has 0 bridgehead atoms. The molecule has 0 radical (unpaired) electrons. The lowest BCUT2D eigenvalue weighted by molar-refractivity contribution is 0.0955. The number of anilines is 1. The summed E-state index contributed by atoms with van der Waals surface area (Å²) in [6.07, 6.45) is 7.77. The number of nitrogens with one attached hydrogen (secondary N) is 3. The number of carbonyl (C=O) groups is 1. The van der Waals surface area contributed by atoms with E-state index in [2.05, 4.69) is 37.1 Å². The van der Waals surface area contributed by atoms with Gasteiger partial charge in [-0.25, -0.2) is 5.43 Å². The van der Waals surface area contributed by atoms with Crippen LogP contribution in [0.15, 0.2) is 58.1 Å². The molecule has 1 saturated carbocycles. The van der Waals surface area contributed by atoms with Crippen LogP contribution in [0.4, 0.5) is 5.69 Å². The first-order valence-corrected chi connectivity index (χ1v) is 10.6. The van der Waals surface area contributed by atoms with Gasteiger partial charge in [0.15, 0.2) is 5.11 Å². The predicted molar refractivity (Wildman–Crippen MR) is 122 cm³/mol. The van der Waals surface area contributed by atoms with Crippen molar-refractivity contribution in [1.29, 1.82) is 0 Å². The highest BCUT2D eigenvalue weighted by Crippen LogP contribution is 2.18. The predicted octanol–water partition coefficient (Wildman–Crippen LogP) is 4.83. The zero-order chi connectivity index (χ0) is 19.8. The van der Waals surface area contributed by atoms with Gasteiger partial charge >= 0.3 is 0 Å². The number of halogens is 1. The van der Waals surface area contributed by atoms with E-state index >= 15 is 0 Å². The van der Waals surface area contributed by atoms with Crippen LogP contribution in [0.2, 0.25) is 0 Å². The van der Waals surface area contributed by atoms with E-state index in [0.29, 0.717) is 16.7 Å². The fourth-order valence-electron chi connectivity index (χ4n) is 3.08. The minimum Gasteiger partial charge on any atom is -0.360 e. The van der Waals surface area contributed by atoms with E-state index in [0.717, 1.165) is 15.7 Å². The van der Waals surface area contributed by atoms with E-state index in [9.17, 15) is 4.79 Å². The van der Waals surface area contributed by atoms with Crippen molar-refractivity contribution in [3.8, 4) is 0 Å². The van der Waals surface area contributed by atoms with E-state index in [1.165, 1.54) is 32.1 Å². The average Bonchev–Trinajstić information content (AvgIpc) is 2.70. The summed E-state index contributed by atoms with van der Waals surface area (Å²) in [5.41, 5.74) is 4.82. The number of hydrogen-bond donors (Lipinski definition) is 3. The van der Waals surface area contributed by atoms with Gasteiger partial charge in [0.25, 0.3) is 5.91 Å². The van der Waals surface area contributed by atoms with E-state index in [1.807, 2.05) is 36.4 Å². The summed E-state index contributed by atoms with van der Waals surface area (Å²) in [5, 5.41) is 11.2. The fourth-order valence-corrected chi connectivity index (χ4v) is 3.63. The lowest BCUT2D eigenvalue weighted by Crippen LogP contribution is -2.38. The van der Waals surface area contributed by atoms with Gasteiger partial charge in [-0.3, -0.25) is 4.79 Å². The molecule has 7 heteroatoms. The molecule has 0 aliphatic heterocycles. The van der Waals surface area contributed by atoms with Crippen LogP contribution in [0.3, 0.4) is 0 Å². The minimum absolute atomic E-state index is 0.261. The Kier molecular flexibility index (Phi) is 7.56. The standard InChI is InChI=1S/C21H23BrN4OS/c22-17-10-6-15(7-11-17)14-23-26-20(27)16-8-12-19(13-9-16)25-21(28)24-18-4-2-1-3-5-18/h6-14,18H,1-5H2,(H,26,27)(H2,24,25,28)/b23-14+. The van der Waals surface area contributed by atoms with Crippen LogP contribution in [-0.4, -0.2) is 23.3 Å². The molecule has 1 fully saturated rings. The molecular formula is C21H23BrN4OS. The maximum absolute atomic E-state index is 12.2. The number of hydrazone groups is 1. The molecule has 0 unspecified atom stereocenters. The zero-order valence-electron chi connectivity index (χ0n) is 15.5. The lowest BCUT2D eigenvalue weighted by atomic mass is 9.96. The molecule has 3 rings (SSSR count). The second kappa shape index (κ2) is 10.3. The maximum atomic E-state index is 12.2. The Morgan fingerprint density at radius 2 is 1.71 bits per heavy atom. The third-order valence-electron chi connectivity index (χ3n) is 4.60. The molecule has 2 aromatic carbocycles. The monoisotopic (exact) mass is 458 g/mol. The van der Waals surface area contributed by atoms with Gasteiger partial charge < -0.3 is 10.6 Å². The second-order valence-electron chi connectivity index (χ2n) is 6.76. The molecule has 0 saturated heterocycles. The topological polar surface area (TPSA) is 65.5 Å². The molecule has 2 aromatic rings. The number of benzene rings is 2. The van der Waals surface area contributed by atoms with E-state index < -0.39 is 0 Å². The number of carbonyl (C=O) groups excluding carboxylic acids is 1. The summed E-state index contributed by atoms with van der Waals surface area (Å²) in [7, 11) is 0. The first kappa shape index (κ1) is 20.5. The normalized spacial score (nSPS) is 14.6. The number of amides is 1. The van der Waals surface area contributed by atoms with Gasteiger partial charge in [0.05, 0.1) is 6.21 Å². The van der Waals surface area contributed by atoms with E-state index in [-0.39, 0.29) is 5.91 Å². The molecule has 0 aromatic heterocycles. The Morgan fingerprint density at radius 3 is 2.39 bits per heavy atom. The first-order valence-electron chi connectivity index (χ1n) is 9.37. The Morgan fingerprint density at radius 1 is 1.04 bits per heavy atom. The molecule has 28 heavy (non-hydrogen) atoms. The van der Waals surface area contributed by atoms with Crippen LogP contribution in [0, 0.1) is 0 Å². The highest BCUT2D eigenvalue weighted by Gasteiger charge is 2.14. The third-order valence-corrected chi connectivity index (χ3v) is 5.34. The Hall–Kier alpha value is -2.25. The van der Waals surface area contributed by atoms with Crippen molar-refractivity contribution < 1.29 is 4.79 Å². The fraction of sp³-hybridized carbons (Fsp3) is 0.286. The van der Waals surface area contributed by atoms with E-state index in [4.69, 9.17) is 12.2 Å². The lowest BCUT2D eigenvalue weighted by Gasteiger charge is -2.24. The Balaban J connectivity index is 1.48. The van der Waals surface area contributed by atoms with Gasteiger partial charge in [0.2, 0.25) is 0 Å². The van der Waals surface area contributed by atoms with Crippen LogP contribution < -0.4 is 16.1 Å². The number of hydrogen-bond acceptors (Lipinski definition) is 3. The molecule has 1 aliphatic carbocycles. The summed E-state index contributed by atoms with van der Waals surface area (Å²) in [4.78, 5) is 12.2. The van der Waals surface area contributed by atoms with Crippen molar-refractivity contribution in [3.05, 3.63) is 64.1 Å². The van der Waals surface area contributed by atoms with Gasteiger partial charge in [-0.05, 0) is 67.0 Å². The third kappa shape index (κ3) is 6.42. The SMILES string of the molecule is O=C(N/N=C/c1ccc(Br)cc1)c1ccc(NC(=S)NC2CCCCC2)cc1. The molecule has 0 heterocycles. The molecule has 1 aliphatic rings. The van der Waals surface area contributed by atoms with Gasteiger partial charge in [-0.2, -0.15) is 5.10 Å². The van der Waals surface area contributed by atoms with Crippen molar-refractivity contribution in [3.63, 3.8) is 0 Å². The minimum atomic E-state index is -0.261. The summed E-state index contributed by atoms with van der Waals surface area (Å²) in [5.74, 6) is -0.261. The summed E-state index contributed by atoms with van der Waals surface area (Å²) in [6, 6.07) is 15.3. The smallest absolute Gasteiger partial charge is 0.271 e. The van der Waals surface area contributed by atoms with E-state index in [1.54, 1.807) is 18.3 Å². The second-order valence-corrected chi connectivity index (χ2v) is 8.09. The molecule has 0 atom stereocenters. The van der Waals surface area contributed by atoms with Gasteiger partial charge in [0.1, 0.15) is 0 Å². The van der Waals surface area contributed by atoms with Crippen LogP contribution in [-0.2, 0) is 0 Å². The number of thiocarbonyl (C=S) groups is 1. The van der Waals surface area contributed by atoms with Gasteiger partial charge in [-0.1, -0.05) is 47.3 Å². The van der Waals surface area contributed by atoms with Crippen LogP contribution >= 0.6 is 28.1 Å². The highest BCUT2D eigenvalue weighted by molar-refractivity contribution is 9.10. The summed E-state index contributed by atoms with van der Waals surface area (Å²) in [6.45, 7) is 0. The molecule has 0 spiro atoms. The molecule has 146 valence electrons. The molecule has 5 nitrogen and oxygen atoms in total. The number of rotatable bonds is 5. The molecule has 3 N–H and O–H groups in total. The number of nitrogens with zero attached hydrogens (tertiary/aromatic N) is 1. The first-order chi connectivity index (χ1) is 13.6. The summed E-state index contributed by atoms with van der Waals surface area (Å²) < 4.78 is 0.996. The van der Waals surface area contributed by atoms with Gasteiger partial charge in [-0.15, -0.1) is 0 Å². The van der Waals surface area contributed by atoms with Crippen LogP contribution in [0.5, 0.6) is 0 Å². The quantitative estimate of drug-likeness (QED) is 0.341. The zero-order valence-corrected chi connectivity index (χ0v) is 17.9. The molecular weight excluding hydrogens is 436 g/mol. The molecule has 1 amide bonds. The highest BCUT2D eigenvalue weighted by atomic mass is 79.9. The Bertz CT molecular complexity index is 830. The maximum Gasteiger partial charge on any atom is 0.271 e. The largest absolute Gasteiger partial charge is 0.360 e. The van der Waals surface area contributed by atoms with Crippen molar-refractivity contribution in [2.24, 2.45) is 5.10 Å². The van der Waals surface area contributed by atoms with Gasteiger partial charge in [0, 0.05) is 21.8 Å². The summed E-state index contributed by atoms with van der Waals surface area (Å²) >= 11 is 8.77. The van der Waals surface area contributed by atoms with Crippen molar-refractivity contribution in [2.45, 2.75) is 38.1 Å².